The number of likely N-dealkylation sites (N-methyl/N-ethyl adjacent to an activating group) is 1. The largest absolute Gasteiger partial charge is 0.297 e. The van der Waals surface area contributed by atoms with Crippen molar-refractivity contribution in [2.75, 3.05) is 13.1 Å². The van der Waals surface area contributed by atoms with Crippen molar-refractivity contribution in [3.05, 3.63) is 0 Å². The molecule has 3 N–H and O–H groups in total. The first kappa shape index (κ1) is 16.9. The van der Waals surface area contributed by atoms with Crippen LogP contribution in [-0.2, 0) is 0 Å². The van der Waals surface area contributed by atoms with Gasteiger partial charge in [-0.3, -0.25) is 16.2 Å². The second-order valence-electron chi connectivity index (χ2n) is 6.63. The number of nitrogens with one attached hydrogen (secondary N) is 1. The van der Waals surface area contributed by atoms with Gasteiger partial charge in [0.15, 0.2) is 0 Å². The van der Waals surface area contributed by atoms with Crippen LogP contribution in [0.1, 0.15) is 72.6 Å². The molecule has 0 aliphatic heterocycles. The van der Waals surface area contributed by atoms with E-state index in [0.717, 1.165) is 19.0 Å². The number of hydrogen-bond acceptors (Lipinski definition) is 3. The van der Waals surface area contributed by atoms with Gasteiger partial charge in [-0.2, -0.15) is 0 Å². The lowest BCUT2D eigenvalue weighted by Gasteiger charge is -2.43. The van der Waals surface area contributed by atoms with E-state index in [-0.39, 0.29) is 5.54 Å². The molecule has 1 aliphatic rings. The van der Waals surface area contributed by atoms with E-state index in [0.29, 0.717) is 6.04 Å². The molecule has 19 heavy (non-hydrogen) atoms. The summed E-state index contributed by atoms with van der Waals surface area (Å²) in [6, 6.07) is 0.384. The van der Waals surface area contributed by atoms with Crippen LogP contribution in [0.5, 0.6) is 0 Å². The lowest BCUT2D eigenvalue weighted by molar-refractivity contribution is 0.0834. The zero-order valence-electron chi connectivity index (χ0n) is 13.5. The summed E-state index contributed by atoms with van der Waals surface area (Å²) in [6.45, 7) is 11.3. The van der Waals surface area contributed by atoms with Gasteiger partial charge in [0, 0.05) is 11.6 Å². The third-order valence-electron chi connectivity index (χ3n) is 5.22. The number of rotatable bonds is 8. The van der Waals surface area contributed by atoms with Crippen molar-refractivity contribution >= 4 is 0 Å². The lowest BCUT2D eigenvalue weighted by Crippen LogP contribution is -2.59. The molecule has 3 heteroatoms. The van der Waals surface area contributed by atoms with E-state index >= 15 is 0 Å². The van der Waals surface area contributed by atoms with E-state index in [2.05, 4.69) is 38.0 Å². The topological polar surface area (TPSA) is 41.3 Å². The third-order valence-corrected chi connectivity index (χ3v) is 5.22. The minimum Gasteiger partial charge on any atom is -0.297 e. The Balaban J connectivity index is 2.50. The highest BCUT2D eigenvalue weighted by Gasteiger charge is 2.33. The molecule has 1 unspecified atom stereocenters. The molecule has 0 heterocycles. The summed E-state index contributed by atoms with van der Waals surface area (Å²) in [5.74, 6) is 6.79. The molecule has 0 aromatic rings. The van der Waals surface area contributed by atoms with E-state index < -0.39 is 0 Å². The first-order valence-corrected chi connectivity index (χ1v) is 8.27. The van der Waals surface area contributed by atoms with Crippen molar-refractivity contribution in [2.24, 2.45) is 11.8 Å². The molecule has 0 spiro atoms. The first-order chi connectivity index (χ1) is 9.06. The molecular weight excluding hydrogens is 234 g/mol. The summed E-state index contributed by atoms with van der Waals surface area (Å²) in [5.41, 5.74) is 3.22. The first-order valence-electron chi connectivity index (χ1n) is 8.27. The fourth-order valence-electron chi connectivity index (χ4n) is 3.78. The second-order valence-corrected chi connectivity index (χ2v) is 6.63. The predicted octanol–water partition coefficient (Wildman–Crippen LogP) is 3.30. The van der Waals surface area contributed by atoms with Gasteiger partial charge in [-0.15, -0.1) is 0 Å². The van der Waals surface area contributed by atoms with Crippen LogP contribution in [-0.4, -0.2) is 29.6 Å². The number of hydrogen-bond donors (Lipinski definition) is 2. The van der Waals surface area contributed by atoms with Gasteiger partial charge < -0.3 is 0 Å². The van der Waals surface area contributed by atoms with Crippen LogP contribution < -0.4 is 11.3 Å². The Bertz CT molecular complexity index is 230. The molecule has 1 rings (SSSR count). The van der Waals surface area contributed by atoms with Crippen molar-refractivity contribution in [1.82, 2.24) is 10.3 Å². The van der Waals surface area contributed by atoms with Crippen molar-refractivity contribution in [3.63, 3.8) is 0 Å². The monoisotopic (exact) mass is 269 g/mol. The molecule has 1 fully saturated rings. The third kappa shape index (κ3) is 4.73. The summed E-state index contributed by atoms with van der Waals surface area (Å²) in [7, 11) is 0. The zero-order valence-corrected chi connectivity index (χ0v) is 13.5. The summed E-state index contributed by atoms with van der Waals surface area (Å²) in [4.78, 5) is 2.51. The minimum absolute atomic E-state index is 0.132. The van der Waals surface area contributed by atoms with Gasteiger partial charge >= 0.3 is 0 Å². The SMILES string of the molecule is CCN(CC)C(C)(C)C(CCC1CCCCC1)NN. The molecule has 1 atom stereocenters. The second kappa shape index (κ2) is 8.23. The van der Waals surface area contributed by atoms with Crippen LogP contribution >= 0.6 is 0 Å². The fourth-order valence-corrected chi connectivity index (χ4v) is 3.78. The predicted molar refractivity (Wildman–Crippen MR) is 83.9 cm³/mol. The molecular formula is C16H35N3. The number of nitrogens with two attached hydrogens (primary N) is 1. The molecule has 1 aliphatic carbocycles. The Morgan fingerprint density at radius 3 is 2.21 bits per heavy atom. The van der Waals surface area contributed by atoms with Gasteiger partial charge in [0.1, 0.15) is 0 Å². The van der Waals surface area contributed by atoms with E-state index in [1.54, 1.807) is 0 Å². The van der Waals surface area contributed by atoms with Crippen molar-refractivity contribution in [1.29, 1.82) is 0 Å². The average molecular weight is 269 g/mol. The van der Waals surface area contributed by atoms with Crippen LogP contribution in [0.2, 0.25) is 0 Å². The number of nitrogens with zero attached hydrogens (tertiary/aromatic N) is 1. The van der Waals surface area contributed by atoms with E-state index in [4.69, 9.17) is 5.84 Å². The number of hydrazine groups is 1. The van der Waals surface area contributed by atoms with Crippen LogP contribution in [0.25, 0.3) is 0 Å². The maximum absolute atomic E-state index is 5.85. The van der Waals surface area contributed by atoms with E-state index in [1.807, 2.05) is 0 Å². The van der Waals surface area contributed by atoms with Crippen molar-refractivity contribution in [2.45, 2.75) is 84.2 Å². The smallest absolute Gasteiger partial charge is 0.0389 e. The highest BCUT2D eigenvalue weighted by atomic mass is 15.3. The van der Waals surface area contributed by atoms with Gasteiger partial charge in [0.25, 0.3) is 0 Å². The van der Waals surface area contributed by atoms with Gasteiger partial charge in [-0.05, 0) is 45.7 Å². The van der Waals surface area contributed by atoms with Gasteiger partial charge in [0.2, 0.25) is 0 Å². The van der Waals surface area contributed by atoms with Crippen LogP contribution in [0.3, 0.4) is 0 Å². The summed E-state index contributed by atoms with van der Waals surface area (Å²) in [5, 5.41) is 0. The molecule has 0 saturated heterocycles. The Morgan fingerprint density at radius 1 is 1.16 bits per heavy atom. The molecule has 0 radical (unpaired) electrons. The fraction of sp³-hybridized carbons (Fsp3) is 1.00. The van der Waals surface area contributed by atoms with Gasteiger partial charge in [-0.25, -0.2) is 0 Å². The standard InChI is InChI=1S/C16H35N3/c1-5-19(6-2)16(3,4)15(18-17)13-12-14-10-8-7-9-11-14/h14-15,18H,5-13,17H2,1-4H3. The maximum atomic E-state index is 5.85. The quantitative estimate of drug-likeness (QED) is 0.525. The Morgan fingerprint density at radius 2 is 1.74 bits per heavy atom. The summed E-state index contributed by atoms with van der Waals surface area (Å²) < 4.78 is 0. The summed E-state index contributed by atoms with van der Waals surface area (Å²) >= 11 is 0. The zero-order chi connectivity index (χ0) is 14.3. The van der Waals surface area contributed by atoms with Crippen LogP contribution in [0.15, 0.2) is 0 Å². The van der Waals surface area contributed by atoms with Crippen LogP contribution in [0.4, 0.5) is 0 Å². The van der Waals surface area contributed by atoms with Crippen molar-refractivity contribution in [3.8, 4) is 0 Å². The Hall–Kier alpha value is -0.120. The molecule has 0 aromatic carbocycles. The highest BCUT2D eigenvalue weighted by molar-refractivity contribution is 4.92. The maximum Gasteiger partial charge on any atom is 0.0389 e. The Labute approximate surface area is 120 Å². The highest BCUT2D eigenvalue weighted by Crippen LogP contribution is 2.30. The molecule has 1 saturated carbocycles. The minimum atomic E-state index is 0.132. The lowest BCUT2D eigenvalue weighted by atomic mass is 9.82. The van der Waals surface area contributed by atoms with E-state index in [1.165, 1.54) is 44.9 Å². The molecule has 0 amide bonds. The Kier molecular flexibility index (Phi) is 7.33. The normalized spacial score (nSPS) is 19.9. The van der Waals surface area contributed by atoms with E-state index in [9.17, 15) is 0 Å². The molecule has 0 aromatic heterocycles. The average Bonchev–Trinajstić information content (AvgIpc) is 2.41. The molecule has 114 valence electrons. The van der Waals surface area contributed by atoms with Crippen molar-refractivity contribution < 1.29 is 0 Å². The van der Waals surface area contributed by atoms with Gasteiger partial charge in [-0.1, -0.05) is 46.0 Å². The van der Waals surface area contributed by atoms with Crippen LogP contribution in [0, 0.1) is 5.92 Å². The summed E-state index contributed by atoms with van der Waals surface area (Å²) in [6.07, 6.45) is 9.71. The van der Waals surface area contributed by atoms with Gasteiger partial charge in [0.05, 0.1) is 0 Å². The molecule has 3 nitrogen and oxygen atoms in total. The molecule has 0 bridgehead atoms.